The van der Waals surface area contributed by atoms with Crippen molar-refractivity contribution in [3.05, 3.63) is 35.9 Å². The van der Waals surface area contributed by atoms with Gasteiger partial charge in [-0.25, -0.2) is 0 Å². The molecule has 3 saturated heterocycles. The Bertz CT molecular complexity index is 454. The molecule has 19 heavy (non-hydrogen) atoms. The zero-order chi connectivity index (χ0) is 13.3. The molecule has 104 valence electrons. The third-order valence-corrected chi connectivity index (χ3v) is 8.11. The van der Waals surface area contributed by atoms with Crippen LogP contribution in [0.3, 0.4) is 0 Å². The molecule has 3 fully saturated rings. The molecule has 3 nitrogen and oxygen atoms in total. The van der Waals surface area contributed by atoms with E-state index in [-0.39, 0.29) is 33.6 Å². The molecular weight excluding hydrogens is 353 g/mol. The predicted octanol–water partition coefficient (Wildman–Crippen LogP) is -0.914. The Balaban J connectivity index is 1.68. The Labute approximate surface area is 125 Å². The first-order chi connectivity index (χ1) is 9.16. The van der Waals surface area contributed by atoms with Gasteiger partial charge in [-0.15, -0.1) is 0 Å². The van der Waals surface area contributed by atoms with E-state index in [0.29, 0.717) is 11.5 Å². The fourth-order valence-electron chi connectivity index (χ4n) is 2.89. The number of hydrogen-bond acceptors (Lipinski definition) is 2. The number of alkyl halides is 1. The van der Waals surface area contributed by atoms with Gasteiger partial charge in [0, 0.05) is 0 Å². The predicted molar refractivity (Wildman–Crippen MR) is 69.2 cm³/mol. The Hall–Kier alpha value is -0.620. The molecule has 4 heteroatoms. The fourth-order valence-corrected chi connectivity index (χ4v) is 6.36. The van der Waals surface area contributed by atoms with Gasteiger partial charge in [-0.3, -0.25) is 0 Å². The van der Waals surface area contributed by atoms with Crippen molar-refractivity contribution in [1.29, 1.82) is 0 Å². The van der Waals surface area contributed by atoms with Crippen molar-refractivity contribution in [2.75, 3.05) is 24.6 Å². The number of benzene rings is 1. The molecule has 0 aliphatic carbocycles. The van der Waals surface area contributed by atoms with Gasteiger partial charge in [-0.05, 0) is 0 Å². The summed E-state index contributed by atoms with van der Waals surface area (Å²) in [6.07, 6.45) is 2.62. The summed E-state index contributed by atoms with van der Waals surface area (Å²) in [7, 11) is 2.38. The number of quaternary nitrogens is 1. The van der Waals surface area contributed by atoms with Crippen LogP contribution in [0.2, 0.25) is 0 Å². The molecule has 0 saturated carbocycles. The van der Waals surface area contributed by atoms with Crippen LogP contribution in [0.4, 0.5) is 0 Å². The molecule has 1 atom stereocenters. The van der Waals surface area contributed by atoms with Crippen LogP contribution in [-0.2, 0) is 4.74 Å². The van der Waals surface area contributed by atoms with Gasteiger partial charge in [0.05, 0.1) is 0 Å². The molecule has 0 radical (unpaired) electrons. The van der Waals surface area contributed by atoms with Crippen molar-refractivity contribution in [3.8, 4) is 0 Å². The standard InChI is InChI=1S/C15H20INO2/c1-17-9-7-12(8-10-17)14(11-16-17)19-15(18)13-5-3-2-4-6-13/h2-6,12,14H,7-11H2,1H3. The second-order valence-electron chi connectivity index (χ2n) is 5.63. The summed E-state index contributed by atoms with van der Waals surface area (Å²) in [6.45, 7) is 2.58. The fraction of sp³-hybridized carbons (Fsp3) is 0.533. The summed E-state index contributed by atoms with van der Waals surface area (Å²) in [5.74, 6) is 0.457. The van der Waals surface area contributed by atoms with E-state index in [2.05, 4.69) is 7.05 Å². The monoisotopic (exact) mass is 373 g/mol. The number of fused-ring (bicyclic) bond motifs is 4. The van der Waals surface area contributed by atoms with Gasteiger partial charge < -0.3 is 0 Å². The van der Waals surface area contributed by atoms with Gasteiger partial charge in [0.2, 0.25) is 0 Å². The summed E-state index contributed by atoms with van der Waals surface area (Å²) in [5.41, 5.74) is 0.681. The van der Waals surface area contributed by atoms with Gasteiger partial charge >= 0.3 is 125 Å². The van der Waals surface area contributed by atoms with E-state index in [0.717, 1.165) is 4.43 Å². The normalized spacial score (nSPS) is 34.2. The van der Waals surface area contributed by atoms with Crippen LogP contribution in [0.25, 0.3) is 0 Å². The van der Waals surface area contributed by atoms with Gasteiger partial charge in [0.15, 0.2) is 0 Å². The van der Waals surface area contributed by atoms with Gasteiger partial charge in [-0.1, -0.05) is 0 Å². The molecule has 3 aliphatic rings. The molecule has 2 bridgehead atoms. The molecule has 4 rings (SSSR count). The molecular formula is C15H20INO2. The molecule has 3 heterocycles. The molecule has 0 spiro atoms. The summed E-state index contributed by atoms with van der Waals surface area (Å²) in [5, 5.41) is 0. The van der Waals surface area contributed by atoms with E-state index < -0.39 is 0 Å². The first kappa shape index (κ1) is 13.4. The summed E-state index contributed by atoms with van der Waals surface area (Å²) in [4.78, 5) is 12.2. The number of rotatable bonds is 2. The van der Waals surface area contributed by atoms with Gasteiger partial charge in [0.25, 0.3) is 0 Å². The Morgan fingerprint density at radius 1 is 1.26 bits per heavy atom. The number of hydrogen-bond donors (Lipinski definition) is 0. The van der Waals surface area contributed by atoms with Crippen molar-refractivity contribution < 1.29 is 33.7 Å². The Morgan fingerprint density at radius 3 is 2.63 bits per heavy atom. The average Bonchev–Trinajstić information content (AvgIpc) is 2.69. The van der Waals surface area contributed by atoms with Crippen molar-refractivity contribution in [1.82, 2.24) is 0 Å². The Kier molecular flexibility index (Phi) is 3.80. The number of carbonyl (C=O) groups is 1. The first-order valence-electron chi connectivity index (χ1n) is 6.88. The van der Waals surface area contributed by atoms with Crippen LogP contribution < -0.4 is 21.5 Å². The van der Waals surface area contributed by atoms with Crippen LogP contribution in [0.5, 0.6) is 0 Å². The third-order valence-electron chi connectivity index (χ3n) is 4.24. The number of esters is 1. The van der Waals surface area contributed by atoms with Crippen LogP contribution >= 0.6 is 0 Å². The molecule has 0 N–H and O–H groups in total. The summed E-state index contributed by atoms with van der Waals surface area (Å²) in [6, 6.07) is 9.37. The van der Waals surface area contributed by atoms with E-state index >= 15 is 0 Å². The van der Waals surface area contributed by atoms with Crippen molar-refractivity contribution in [2.45, 2.75) is 18.9 Å². The SMILES string of the molecule is C[N+]12CCC(CC1)C(OC(=O)c1ccccc1)C[I-]2. The topological polar surface area (TPSA) is 26.3 Å². The number of carbonyl (C=O) groups excluding carboxylic acids is 1. The van der Waals surface area contributed by atoms with Crippen LogP contribution in [0, 0.1) is 5.92 Å². The third kappa shape index (κ3) is 2.94. The van der Waals surface area contributed by atoms with Crippen molar-refractivity contribution in [2.24, 2.45) is 5.92 Å². The van der Waals surface area contributed by atoms with Crippen LogP contribution in [0.15, 0.2) is 30.3 Å². The maximum atomic E-state index is 12.2. The molecule has 1 aromatic carbocycles. The zero-order valence-corrected chi connectivity index (χ0v) is 13.4. The van der Waals surface area contributed by atoms with Gasteiger partial charge in [-0.2, -0.15) is 0 Å². The zero-order valence-electron chi connectivity index (χ0n) is 11.2. The summed E-state index contributed by atoms with van der Waals surface area (Å²) < 4.78 is 8.21. The Morgan fingerprint density at radius 2 is 1.95 bits per heavy atom. The summed E-state index contributed by atoms with van der Waals surface area (Å²) >= 11 is 0.0974. The molecule has 0 amide bonds. The van der Waals surface area contributed by atoms with E-state index in [4.69, 9.17) is 4.74 Å². The van der Waals surface area contributed by atoms with Crippen molar-refractivity contribution in [3.63, 3.8) is 0 Å². The molecule has 1 aromatic rings. The number of piperidine rings is 1. The van der Waals surface area contributed by atoms with E-state index in [1.807, 2.05) is 30.3 Å². The quantitative estimate of drug-likeness (QED) is 0.290. The average molecular weight is 373 g/mol. The van der Waals surface area contributed by atoms with Crippen molar-refractivity contribution >= 4 is 5.97 Å². The van der Waals surface area contributed by atoms with Crippen LogP contribution in [0.1, 0.15) is 23.2 Å². The second kappa shape index (κ2) is 5.40. The van der Waals surface area contributed by atoms with E-state index in [1.54, 1.807) is 0 Å². The minimum atomic E-state index is -0.141. The van der Waals surface area contributed by atoms with E-state index in [1.165, 1.54) is 28.6 Å². The second-order valence-corrected chi connectivity index (χ2v) is 9.52. The maximum absolute atomic E-state index is 12.2. The minimum absolute atomic E-state index is 0.0974. The molecule has 0 aromatic heterocycles. The van der Waals surface area contributed by atoms with Crippen LogP contribution in [-0.4, -0.2) is 39.3 Å². The number of nitrogens with zero attached hydrogens (tertiary/aromatic N) is 1. The number of ether oxygens (including phenoxy) is 1. The first-order valence-corrected chi connectivity index (χ1v) is 9.37. The van der Waals surface area contributed by atoms with E-state index in [9.17, 15) is 4.79 Å². The molecule has 1 unspecified atom stereocenters. The molecule has 3 aliphatic heterocycles. The number of halogens is 1. The van der Waals surface area contributed by atoms with Gasteiger partial charge in [0.1, 0.15) is 0 Å².